The van der Waals surface area contributed by atoms with Gasteiger partial charge in [0, 0.05) is 38.4 Å². The molecule has 0 bridgehead atoms. The molecule has 2 unspecified atom stereocenters. The van der Waals surface area contributed by atoms with Crippen molar-refractivity contribution < 1.29 is 4.74 Å². The summed E-state index contributed by atoms with van der Waals surface area (Å²) in [5, 5.41) is 4.97. The molecule has 1 aliphatic carbocycles. The highest BCUT2D eigenvalue weighted by Gasteiger charge is 2.40. The lowest BCUT2D eigenvalue weighted by molar-refractivity contribution is 0.270. The largest absolute Gasteiger partial charge is 0.485 e. The van der Waals surface area contributed by atoms with Gasteiger partial charge in [-0.05, 0) is 88.5 Å². The van der Waals surface area contributed by atoms with Crippen molar-refractivity contribution in [2.75, 3.05) is 0 Å². The predicted molar refractivity (Wildman–Crippen MR) is 237 cm³/mol. The van der Waals surface area contributed by atoms with E-state index in [1.54, 1.807) is 0 Å². The van der Waals surface area contributed by atoms with Crippen molar-refractivity contribution in [1.82, 2.24) is 9.13 Å². The third kappa shape index (κ3) is 4.85. The molecule has 10 aromatic rings. The number of allylic oxidation sites excluding steroid dienone is 2. The van der Waals surface area contributed by atoms with Crippen molar-refractivity contribution in [3.63, 3.8) is 0 Å². The summed E-state index contributed by atoms with van der Waals surface area (Å²) < 4.78 is 11.6. The van der Waals surface area contributed by atoms with E-state index >= 15 is 0 Å². The molecule has 57 heavy (non-hydrogen) atoms. The molecule has 3 nitrogen and oxygen atoms in total. The van der Waals surface area contributed by atoms with Gasteiger partial charge in [0.2, 0.25) is 0 Å². The molecule has 0 N–H and O–H groups in total. The van der Waals surface area contributed by atoms with Gasteiger partial charge in [0.1, 0.15) is 11.9 Å². The molecule has 3 heterocycles. The standard InChI is InChI=1S/C54H36N2O/c1-3-15-35(16-4-1)39-19-7-10-23-45(39)55-46-24-11-8-20-41(46)43-33-37(29-31-48(43)55)38-30-32-49-44(34-38)42-21-9-12-25-47(42)56(49)50-26-14-28-52-54(50)53-40(22-13-27-51(53)57-52)36-17-5-2-6-18-36/h1-34,52,54H. The van der Waals surface area contributed by atoms with E-state index in [4.69, 9.17) is 4.74 Å². The number of hydrogen-bond acceptors (Lipinski definition) is 1. The fourth-order valence-electron chi connectivity index (χ4n) is 9.64. The molecule has 12 rings (SSSR count). The summed E-state index contributed by atoms with van der Waals surface area (Å²) in [5.41, 5.74) is 15.7. The summed E-state index contributed by atoms with van der Waals surface area (Å²) in [6, 6.07) is 68.3. The van der Waals surface area contributed by atoms with Crippen LogP contribution in [-0.4, -0.2) is 15.2 Å². The molecule has 0 saturated heterocycles. The van der Waals surface area contributed by atoms with Crippen molar-refractivity contribution in [3.8, 4) is 44.8 Å². The molecule has 3 heteroatoms. The molecular weight excluding hydrogens is 693 g/mol. The zero-order valence-electron chi connectivity index (χ0n) is 31.1. The summed E-state index contributed by atoms with van der Waals surface area (Å²) in [6.07, 6.45) is 6.60. The van der Waals surface area contributed by atoms with Gasteiger partial charge in [-0.1, -0.05) is 146 Å². The molecule has 2 aliphatic rings. The Bertz CT molecular complexity index is 3270. The Morgan fingerprint density at radius 2 is 0.947 bits per heavy atom. The lowest BCUT2D eigenvalue weighted by Crippen LogP contribution is -2.22. The molecule has 0 radical (unpaired) electrons. The summed E-state index contributed by atoms with van der Waals surface area (Å²) >= 11 is 0. The van der Waals surface area contributed by atoms with Crippen molar-refractivity contribution >= 4 is 49.3 Å². The Morgan fingerprint density at radius 3 is 1.65 bits per heavy atom. The van der Waals surface area contributed by atoms with E-state index in [1.165, 1.54) is 93.9 Å². The van der Waals surface area contributed by atoms with Gasteiger partial charge >= 0.3 is 0 Å². The lowest BCUT2D eigenvalue weighted by atomic mass is 9.84. The monoisotopic (exact) mass is 728 g/mol. The van der Waals surface area contributed by atoms with Gasteiger partial charge in [0.25, 0.3) is 0 Å². The van der Waals surface area contributed by atoms with E-state index in [9.17, 15) is 0 Å². The Kier molecular flexibility index (Phi) is 7.05. The number of benzene rings is 8. The molecule has 1 aliphatic heterocycles. The first-order chi connectivity index (χ1) is 28.3. The fraction of sp³-hybridized carbons (Fsp3) is 0.0370. The Morgan fingerprint density at radius 1 is 0.404 bits per heavy atom. The lowest BCUT2D eigenvalue weighted by Gasteiger charge is -2.26. The van der Waals surface area contributed by atoms with E-state index in [-0.39, 0.29) is 12.0 Å². The van der Waals surface area contributed by atoms with Crippen LogP contribution in [0.2, 0.25) is 0 Å². The molecule has 0 amide bonds. The minimum Gasteiger partial charge on any atom is -0.485 e. The first kappa shape index (κ1) is 31.9. The minimum absolute atomic E-state index is 0.0480. The summed E-state index contributed by atoms with van der Waals surface area (Å²) in [7, 11) is 0. The van der Waals surface area contributed by atoms with Crippen molar-refractivity contribution in [2.24, 2.45) is 0 Å². The Hall–Kier alpha value is -7.36. The van der Waals surface area contributed by atoms with E-state index in [2.05, 4.69) is 215 Å². The van der Waals surface area contributed by atoms with Crippen LogP contribution >= 0.6 is 0 Å². The average Bonchev–Trinajstić information content (AvgIpc) is 3.94. The van der Waals surface area contributed by atoms with Gasteiger partial charge in [-0.25, -0.2) is 0 Å². The normalized spacial score (nSPS) is 15.9. The van der Waals surface area contributed by atoms with Gasteiger partial charge in [-0.2, -0.15) is 0 Å². The van der Waals surface area contributed by atoms with Crippen LogP contribution in [0.1, 0.15) is 11.5 Å². The number of para-hydroxylation sites is 3. The zero-order valence-corrected chi connectivity index (χ0v) is 31.1. The summed E-state index contributed by atoms with van der Waals surface area (Å²) in [5.74, 6) is 1.01. The number of aromatic nitrogens is 2. The molecule has 0 saturated carbocycles. The second-order valence-electron chi connectivity index (χ2n) is 15.2. The van der Waals surface area contributed by atoms with Crippen LogP contribution in [0.5, 0.6) is 5.75 Å². The number of fused-ring (bicyclic) bond motifs is 9. The molecule has 2 aromatic heterocycles. The van der Waals surface area contributed by atoms with Crippen LogP contribution in [0, 0.1) is 0 Å². The first-order valence-corrected chi connectivity index (χ1v) is 19.8. The minimum atomic E-state index is -0.0751. The molecule has 0 fully saturated rings. The second kappa shape index (κ2) is 12.6. The average molecular weight is 729 g/mol. The maximum Gasteiger partial charge on any atom is 0.130 e. The molecule has 8 aromatic carbocycles. The smallest absolute Gasteiger partial charge is 0.130 e. The van der Waals surface area contributed by atoms with Gasteiger partial charge < -0.3 is 13.9 Å². The third-order valence-corrected chi connectivity index (χ3v) is 12.1. The van der Waals surface area contributed by atoms with Crippen LogP contribution in [0.25, 0.3) is 88.4 Å². The van der Waals surface area contributed by atoms with Gasteiger partial charge in [0.05, 0.1) is 33.7 Å². The maximum atomic E-state index is 6.68. The van der Waals surface area contributed by atoms with Crippen LogP contribution in [0.4, 0.5) is 0 Å². The molecular formula is C54H36N2O. The topological polar surface area (TPSA) is 19.1 Å². The van der Waals surface area contributed by atoms with Crippen LogP contribution < -0.4 is 4.74 Å². The zero-order chi connectivity index (χ0) is 37.5. The van der Waals surface area contributed by atoms with Gasteiger partial charge in [-0.3, -0.25) is 0 Å². The van der Waals surface area contributed by atoms with E-state index < -0.39 is 0 Å². The predicted octanol–water partition coefficient (Wildman–Crippen LogP) is 13.8. The highest BCUT2D eigenvalue weighted by Crippen LogP contribution is 2.52. The number of rotatable bonds is 5. The second-order valence-corrected chi connectivity index (χ2v) is 15.2. The SMILES string of the molecule is C1=CC2Oc3cccc(-c4ccccc4)c3C2C(n2c3ccccc3c3cc(-c4ccc5c(c4)c4ccccc4n5-c4ccccc4-c4ccccc4)ccc32)=C1. The van der Waals surface area contributed by atoms with Crippen LogP contribution in [0.3, 0.4) is 0 Å². The number of nitrogens with zero attached hydrogens (tertiary/aromatic N) is 2. The quantitative estimate of drug-likeness (QED) is 0.173. The highest BCUT2D eigenvalue weighted by molar-refractivity contribution is 6.13. The van der Waals surface area contributed by atoms with E-state index in [0.717, 1.165) is 5.75 Å². The number of ether oxygens (including phenoxy) is 1. The first-order valence-electron chi connectivity index (χ1n) is 19.8. The van der Waals surface area contributed by atoms with Gasteiger partial charge in [0.15, 0.2) is 0 Å². The number of hydrogen-bond donors (Lipinski definition) is 0. The maximum absolute atomic E-state index is 6.68. The summed E-state index contributed by atoms with van der Waals surface area (Å²) in [6.45, 7) is 0. The van der Waals surface area contributed by atoms with E-state index in [0.29, 0.717) is 0 Å². The fourth-order valence-corrected chi connectivity index (χ4v) is 9.64. The van der Waals surface area contributed by atoms with Crippen molar-refractivity contribution in [2.45, 2.75) is 12.0 Å². The summed E-state index contributed by atoms with van der Waals surface area (Å²) in [4.78, 5) is 0. The molecule has 2 atom stereocenters. The Balaban J connectivity index is 1.02. The van der Waals surface area contributed by atoms with E-state index in [1.807, 2.05) is 0 Å². The van der Waals surface area contributed by atoms with Crippen LogP contribution in [0.15, 0.2) is 206 Å². The van der Waals surface area contributed by atoms with Crippen molar-refractivity contribution in [3.05, 3.63) is 212 Å². The van der Waals surface area contributed by atoms with Crippen LogP contribution in [-0.2, 0) is 0 Å². The molecule has 0 spiro atoms. The molecule has 268 valence electrons. The highest BCUT2D eigenvalue weighted by atomic mass is 16.5. The Labute approximate surface area is 330 Å². The van der Waals surface area contributed by atoms with Gasteiger partial charge in [-0.15, -0.1) is 0 Å². The third-order valence-electron chi connectivity index (χ3n) is 12.1. The van der Waals surface area contributed by atoms with Crippen molar-refractivity contribution in [1.29, 1.82) is 0 Å².